The first-order valence-electron chi connectivity index (χ1n) is 7.99. The second-order valence-corrected chi connectivity index (χ2v) is 5.58. The van der Waals surface area contributed by atoms with Crippen molar-refractivity contribution in [2.75, 3.05) is 19.6 Å². The van der Waals surface area contributed by atoms with Crippen molar-refractivity contribution in [2.24, 2.45) is 0 Å². The van der Waals surface area contributed by atoms with Gasteiger partial charge in [-0.05, 0) is 25.3 Å². The fourth-order valence-corrected chi connectivity index (χ4v) is 2.75. The molecular formula is C17H23N3O3. The maximum atomic E-state index is 12.4. The second-order valence-electron chi connectivity index (χ2n) is 5.58. The Morgan fingerprint density at radius 1 is 1.17 bits per heavy atom. The van der Waals surface area contributed by atoms with Crippen LogP contribution in [0.2, 0.25) is 0 Å². The van der Waals surface area contributed by atoms with Gasteiger partial charge in [-0.1, -0.05) is 30.3 Å². The van der Waals surface area contributed by atoms with Gasteiger partial charge in [-0.15, -0.1) is 0 Å². The molecular weight excluding hydrogens is 294 g/mol. The Morgan fingerprint density at radius 3 is 2.61 bits per heavy atom. The number of hydrogen-bond acceptors (Lipinski definition) is 3. The summed E-state index contributed by atoms with van der Waals surface area (Å²) in [5.74, 6) is -0.525. The number of carbonyl (C=O) groups is 3. The predicted octanol–water partition coefficient (Wildman–Crippen LogP) is 0.472. The third-order valence-corrected chi connectivity index (χ3v) is 3.87. The number of likely N-dealkylation sites (tertiary alicyclic amines) is 1. The van der Waals surface area contributed by atoms with E-state index in [4.69, 9.17) is 0 Å². The van der Waals surface area contributed by atoms with E-state index in [1.807, 2.05) is 37.3 Å². The number of rotatable bonds is 6. The van der Waals surface area contributed by atoms with Gasteiger partial charge in [0.15, 0.2) is 0 Å². The molecule has 3 amide bonds. The van der Waals surface area contributed by atoms with Gasteiger partial charge in [-0.25, -0.2) is 0 Å². The average molecular weight is 317 g/mol. The molecule has 0 spiro atoms. The van der Waals surface area contributed by atoms with E-state index in [1.54, 1.807) is 4.90 Å². The lowest BCUT2D eigenvalue weighted by Gasteiger charge is -2.24. The van der Waals surface area contributed by atoms with E-state index in [0.717, 1.165) is 12.0 Å². The highest BCUT2D eigenvalue weighted by Gasteiger charge is 2.33. The number of carbonyl (C=O) groups excluding carboxylic acids is 3. The molecule has 6 nitrogen and oxygen atoms in total. The molecule has 1 unspecified atom stereocenters. The van der Waals surface area contributed by atoms with Crippen molar-refractivity contribution in [2.45, 2.75) is 32.2 Å². The molecule has 0 aromatic heterocycles. The van der Waals surface area contributed by atoms with E-state index in [2.05, 4.69) is 10.6 Å². The molecule has 1 atom stereocenters. The topological polar surface area (TPSA) is 78.5 Å². The van der Waals surface area contributed by atoms with E-state index >= 15 is 0 Å². The molecule has 0 saturated carbocycles. The van der Waals surface area contributed by atoms with Crippen LogP contribution in [-0.4, -0.2) is 48.3 Å². The van der Waals surface area contributed by atoms with Crippen molar-refractivity contribution in [3.63, 3.8) is 0 Å². The highest BCUT2D eigenvalue weighted by Crippen LogP contribution is 2.19. The van der Waals surface area contributed by atoms with Gasteiger partial charge in [0.25, 0.3) is 0 Å². The van der Waals surface area contributed by atoms with Crippen LogP contribution in [0.1, 0.15) is 25.3 Å². The molecule has 0 bridgehead atoms. The summed E-state index contributed by atoms with van der Waals surface area (Å²) in [5, 5.41) is 5.24. The van der Waals surface area contributed by atoms with Gasteiger partial charge < -0.3 is 15.5 Å². The van der Waals surface area contributed by atoms with Crippen LogP contribution in [0, 0.1) is 0 Å². The SMILES string of the molecule is CCNC(=O)CNC(=O)C1CCCN1C(=O)Cc1ccccc1. The summed E-state index contributed by atoms with van der Waals surface area (Å²) in [6, 6.07) is 9.02. The molecule has 124 valence electrons. The molecule has 23 heavy (non-hydrogen) atoms. The summed E-state index contributed by atoms with van der Waals surface area (Å²) in [5.41, 5.74) is 0.936. The molecule has 1 saturated heterocycles. The highest BCUT2D eigenvalue weighted by atomic mass is 16.2. The third kappa shape index (κ3) is 4.81. The van der Waals surface area contributed by atoms with Gasteiger partial charge in [-0.2, -0.15) is 0 Å². The van der Waals surface area contributed by atoms with E-state index in [0.29, 0.717) is 25.9 Å². The first-order chi connectivity index (χ1) is 11.1. The van der Waals surface area contributed by atoms with Crippen LogP contribution >= 0.6 is 0 Å². The zero-order chi connectivity index (χ0) is 16.7. The maximum absolute atomic E-state index is 12.4. The van der Waals surface area contributed by atoms with Crippen LogP contribution in [0.15, 0.2) is 30.3 Å². The predicted molar refractivity (Wildman–Crippen MR) is 86.6 cm³/mol. The Bertz CT molecular complexity index is 559. The van der Waals surface area contributed by atoms with Crippen LogP contribution in [0.5, 0.6) is 0 Å². The fraction of sp³-hybridized carbons (Fsp3) is 0.471. The van der Waals surface area contributed by atoms with E-state index in [-0.39, 0.29) is 24.3 Å². The minimum absolute atomic E-state index is 0.0492. The summed E-state index contributed by atoms with van der Waals surface area (Å²) in [6.07, 6.45) is 1.74. The van der Waals surface area contributed by atoms with E-state index in [9.17, 15) is 14.4 Å². The fourth-order valence-electron chi connectivity index (χ4n) is 2.75. The summed E-state index contributed by atoms with van der Waals surface area (Å²) in [7, 11) is 0. The van der Waals surface area contributed by atoms with Crippen molar-refractivity contribution in [3.05, 3.63) is 35.9 Å². The number of hydrogen-bond donors (Lipinski definition) is 2. The molecule has 6 heteroatoms. The molecule has 1 aliphatic heterocycles. The van der Waals surface area contributed by atoms with Gasteiger partial charge in [0.2, 0.25) is 17.7 Å². The van der Waals surface area contributed by atoms with Gasteiger partial charge in [0.05, 0.1) is 13.0 Å². The number of nitrogens with one attached hydrogen (secondary N) is 2. The lowest BCUT2D eigenvalue weighted by Crippen LogP contribution is -2.48. The Balaban J connectivity index is 1.90. The normalized spacial score (nSPS) is 16.9. The van der Waals surface area contributed by atoms with Gasteiger partial charge >= 0.3 is 0 Å². The molecule has 0 aliphatic carbocycles. The molecule has 1 fully saturated rings. The smallest absolute Gasteiger partial charge is 0.243 e. The number of likely N-dealkylation sites (N-methyl/N-ethyl adjacent to an activating group) is 1. The monoisotopic (exact) mass is 317 g/mol. The lowest BCUT2D eigenvalue weighted by atomic mass is 10.1. The van der Waals surface area contributed by atoms with Crippen LogP contribution < -0.4 is 10.6 Å². The van der Waals surface area contributed by atoms with Gasteiger partial charge in [-0.3, -0.25) is 14.4 Å². The summed E-state index contributed by atoms with van der Waals surface area (Å²) >= 11 is 0. The number of benzene rings is 1. The summed E-state index contributed by atoms with van der Waals surface area (Å²) in [6.45, 7) is 2.88. The molecule has 1 aromatic rings. The van der Waals surface area contributed by atoms with Crippen LogP contribution in [-0.2, 0) is 20.8 Å². The summed E-state index contributed by atoms with van der Waals surface area (Å²) in [4.78, 5) is 37.7. The minimum Gasteiger partial charge on any atom is -0.355 e. The summed E-state index contributed by atoms with van der Waals surface area (Å²) < 4.78 is 0. The first-order valence-corrected chi connectivity index (χ1v) is 7.99. The Morgan fingerprint density at radius 2 is 1.91 bits per heavy atom. The Hall–Kier alpha value is -2.37. The van der Waals surface area contributed by atoms with Crippen molar-refractivity contribution in [1.82, 2.24) is 15.5 Å². The quantitative estimate of drug-likeness (QED) is 0.801. The van der Waals surface area contributed by atoms with Gasteiger partial charge in [0.1, 0.15) is 6.04 Å². The molecule has 2 N–H and O–H groups in total. The largest absolute Gasteiger partial charge is 0.355 e. The van der Waals surface area contributed by atoms with Crippen molar-refractivity contribution in [3.8, 4) is 0 Å². The standard InChI is InChI=1S/C17H23N3O3/c1-2-18-15(21)12-19-17(23)14-9-6-10-20(14)16(22)11-13-7-4-3-5-8-13/h3-5,7-8,14H,2,6,9-12H2,1H3,(H,18,21)(H,19,23). The zero-order valence-electron chi connectivity index (χ0n) is 13.4. The van der Waals surface area contributed by atoms with Crippen LogP contribution in [0.3, 0.4) is 0 Å². The first kappa shape index (κ1) is 17.0. The van der Waals surface area contributed by atoms with E-state index in [1.165, 1.54) is 0 Å². The van der Waals surface area contributed by atoms with Crippen molar-refractivity contribution in [1.29, 1.82) is 0 Å². The third-order valence-electron chi connectivity index (χ3n) is 3.87. The molecule has 2 rings (SSSR count). The molecule has 1 aromatic carbocycles. The number of amides is 3. The lowest BCUT2D eigenvalue weighted by molar-refractivity contribution is -0.138. The second kappa shape index (κ2) is 8.31. The minimum atomic E-state index is -0.472. The van der Waals surface area contributed by atoms with E-state index < -0.39 is 6.04 Å². The van der Waals surface area contributed by atoms with Gasteiger partial charge in [0, 0.05) is 13.1 Å². The van der Waals surface area contributed by atoms with Crippen molar-refractivity contribution < 1.29 is 14.4 Å². The van der Waals surface area contributed by atoms with Crippen LogP contribution in [0.25, 0.3) is 0 Å². The average Bonchev–Trinajstić information content (AvgIpc) is 3.03. The molecule has 1 heterocycles. The van der Waals surface area contributed by atoms with Crippen molar-refractivity contribution >= 4 is 17.7 Å². The Labute approximate surface area is 136 Å². The highest BCUT2D eigenvalue weighted by molar-refractivity contribution is 5.91. The maximum Gasteiger partial charge on any atom is 0.243 e. The van der Waals surface area contributed by atoms with Crippen LogP contribution in [0.4, 0.5) is 0 Å². The molecule has 1 aliphatic rings. The Kier molecular flexibility index (Phi) is 6.14. The number of nitrogens with zero attached hydrogens (tertiary/aromatic N) is 1. The zero-order valence-corrected chi connectivity index (χ0v) is 13.4. The molecule has 0 radical (unpaired) electrons.